The highest BCUT2D eigenvalue weighted by molar-refractivity contribution is 7.18. The van der Waals surface area contributed by atoms with Gasteiger partial charge in [0.15, 0.2) is 0 Å². The first-order chi connectivity index (χ1) is 11.3. The molecule has 0 aliphatic carbocycles. The number of carbonyl (C=O) groups is 1. The standard InChI is InChI=1S/C18H11F3O2S/c19-18(20,21)14-7-5-12(6-8-14)16-10-9-15(24-16)11-1-3-13(4-2-11)17(22)23/h1-10H,(H,22,23). The number of alkyl halides is 3. The Morgan fingerprint density at radius 3 is 1.67 bits per heavy atom. The largest absolute Gasteiger partial charge is 0.478 e. The Morgan fingerprint density at radius 1 is 0.792 bits per heavy atom. The highest BCUT2D eigenvalue weighted by Crippen LogP contribution is 2.36. The molecule has 0 saturated heterocycles. The molecule has 0 bridgehead atoms. The van der Waals surface area contributed by atoms with E-state index in [2.05, 4.69) is 0 Å². The molecule has 0 atom stereocenters. The second-order valence-corrected chi connectivity index (χ2v) is 6.21. The zero-order valence-electron chi connectivity index (χ0n) is 12.2. The van der Waals surface area contributed by atoms with Crippen molar-refractivity contribution in [1.82, 2.24) is 0 Å². The summed E-state index contributed by atoms with van der Waals surface area (Å²) in [6.07, 6.45) is -4.34. The smallest absolute Gasteiger partial charge is 0.416 e. The van der Waals surface area contributed by atoms with Crippen LogP contribution in [0.15, 0.2) is 60.7 Å². The summed E-state index contributed by atoms with van der Waals surface area (Å²) in [7, 11) is 0. The van der Waals surface area contributed by atoms with E-state index in [1.807, 2.05) is 12.1 Å². The van der Waals surface area contributed by atoms with E-state index < -0.39 is 17.7 Å². The number of carboxylic acid groups (broad SMARTS) is 1. The van der Waals surface area contributed by atoms with Crippen molar-refractivity contribution in [3.05, 3.63) is 71.8 Å². The normalized spacial score (nSPS) is 11.5. The fourth-order valence-electron chi connectivity index (χ4n) is 2.25. The minimum atomic E-state index is -4.34. The third-order valence-electron chi connectivity index (χ3n) is 3.52. The number of rotatable bonds is 3. The van der Waals surface area contributed by atoms with Crippen LogP contribution in [-0.4, -0.2) is 11.1 Å². The Bertz CT molecular complexity index is 863. The zero-order chi connectivity index (χ0) is 17.3. The molecule has 3 aromatic rings. The lowest BCUT2D eigenvalue weighted by molar-refractivity contribution is -0.137. The first-order valence-corrected chi connectivity index (χ1v) is 7.77. The summed E-state index contributed by atoms with van der Waals surface area (Å²) >= 11 is 1.44. The van der Waals surface area contributed by atoms with Crippen LogP contribution in [0.3, 0.4) is 0 Å². The summed E-state index contributed by atoms with van der Waals surface area (Å²) in [5.41, 5.74) is 1.11. The summed E-state index contributed by atoms with van der Waals surface area (Å²) in [6.45, 7) is 0. The molecule has 6 heteroatoms. The van der Waals surface area contributed by atoms with E-state index in [0.29, 0.717) is 5.56 Å². The molecule has 2 aromatic carbocycles. The van der Waals surface area contributed by atoms with E-state index in [0.717, 1.165) is 27.5 Å². The van der Waals surface area contributed by atoms with Crippen molar-refractivity contribution in [3.8, 4) is 20.9 Å². The van der Waals surface area contributed by atoms with Crippen molar-refractivity contribution in [3.63, 3.8) is 0 Å². The predicted octanol–water partition coefficient (Wildman–Crippen LogP) is 5.80. The van der Waals surface area contributed by atoms with Gasteiger partial charge in [-0.25, -0.2) is 4.79 Å². The average Bonchev–Trinajstić information content (AvgIpc) is 3.04. The van der Waals surface area contributed by atoms with Gasteiger partial charge in [-0.15, -0.1) is 11.3 Å². The van der Waals surface area contributed by atoms with Crippen LogP contribution in [-0.2, 0) is 6.18 Å². The van der Waals surface area contributed by atoms with Gasteiger partial charge in [0.1, 0.15) is 0 Å². The van der Waals surface area contributed by atoms with Crippen molar-refractivity contribution in [2.45, 2.75) is 6.18 Å². The molecular formula is C18H11F3O2S. The van der Waals surface area contributed by atoms with E-state index in [4.69, 9.17) is 5.11 Å². The van der Waals surface area contributed by atoms with E-state index in [1.165, 1.54) is 35.6 Å². The van der Waals surface area contributed by atoms with Crippen LogP contribution in [0.4, 0.5) is 13.2 Å². The Morgan fingerprint density at radius 2 is 1.25 bits per heavy atom. The third-order valence-corrected chi connectivity index (χ3v) is 4.70. The molecule has 0 radical (unpaired) electrons. The lowest BCUT2D eigenvalue weighted by Gasteiger charge is -2.06. The summed E-state index contributed by atoms with van der Waals surface area (Å²) in [5, 5.41) is 8.90. The van der Waals surface area contributed by atoms with Crippen molar-refractivity contribution >= 4 is 17.3 Å². The Balaban J connectivity index is 1.86. The molecule has 1 aromatic heterocycles. The number of aromatic carboxylic acids is 1. The fourth-order valence-corrected chi connectivity index (χ4v) is 3.27. The number of benzene rings is 2. The van der Waals surface area contributed by atoms with Crippen molar-refractivity contribution < 1.29 is 23.1 Å². The summed E-state index contributed by atoms with van der Waals surface area (Å²) < 4.78 is 37.8. The molecule has 0 amide bonds. The average molecular weight is 348 g/mol. The Kier molecular flexibility index (Phi) is 4.15. The SMILES string of the molecule is O=C(O)c1ccc(-c2ccc(-c3ccc(C(F)(F)F)cc3)s2)cc1. The van der Waals surface area contributed by atoms with Crippen molar-refractivity contribution in [2.24, 2.45) is 0 Å². The maximum Gasteiger partial charge on any atom is 0.416 e. The summed E-state index contributed by atoms with van der Waals surface area (Å²) in [4.78, 5) is 12.6. The van der Waals surface area contributed by atoms with Crippen LogP contribution < -0.4 is 0 Å². The van der Waals surface area contributed by atoms with Crippen LogP contribution in [0.1, 0.15) is 15.9 Å². The molecule has 0 aliphatic heterocycles. The molecule has 24 heavy (non-hydrogen) atoms. The zero-order valence-corrected chi connectivity index (χ0v) is 13.0. The Hall–Kier alpha value is -2.60. The van der Waals surface area contributed by atoms with Crippen LogP contribution in [0.5, 0.6) is 0 Å². The molecule has 0 aliphatic rings. The molecular weight excluding hydrogens is 337 g/mol. The number of hydrogen-bond donors (Lipinski definition) is 1. The number of hydrogen-bond acceptors (Lipinski definition) is 2. The van der Waals surface area contributed by atoms with Crippen molar-refractivity contribution in [1.29, 1.82) is 0 Å². The quantitative estimate of drug-likeness (QED) is 0.649. The van der Waals surface area contributed by atoms with E-state index in [-0.39, 0.29) is 5.56 Å². The molecule has 0 unspecified atom stereocenters. The van der Waals surface area contributed by atoms with Gasteiger partial charge in [0.05, 0.1) is 11.1 Å². The molecule has 3 rings (SSSR count). The van der Waals surface area contributed by atoms with E-state index in [1.54, 1.807) is 12.1 Å². The van der Waals surface area contributed by atoms with Crippen molar-refractivity contribution in [2.75, 3.05) is 0 Å². The van der Waals surface area contributed by atoms with Crippen LogP contribution in [0.2, 0.25) is 0 Å². The molecule has 0 spiro atoms. The van der Waals surface area contributed by atoms with Crippen LogP contribution in [0.25, 0.3) is 20.9 Å². The predicted molar refractivity (Wildman–Crippen MR) is 87.2 cm³/mol. The second-order valence-electron chi connectivity index (χ2n) is 5.12. The molecule has 122 valence electrons. The molecule has 0 fully saturated rings. The molecule has 1 heterocycles. The highest BCUT2D eigenvalue weighted by Gasteiger charge is 2.30. The van der Waals surface area contributed by atoms with Gasteiger partial charge in [-0.05, 0) is 47.5 Å². The van der Waals surface area contributed by atoms with Gasteiger partial charge < -0.3 is 5.11 Å². The van der Waals surface area contributed by atoms with Gasteiger partial charge in [0.2, 0.25) is 0 Å². The minimum absolute atomic E-state index is 0.207. The monoisotopic (exact) mass is 348 g/mol. The van der Waals surface area contributed by atoms with Gasteiger partial charge >= 0.3 is 12.1 Å². The number of thiophene rings is 1. The summed E-state index contributed by atoms with van der Waals surface area (Å²) in [5.74, 6) is -0.988. The maximum absolute atomic E-state index is 12.6. The third kappa shape index (κ3) is 3.33. The molecule has 2 nitrogen and oxygen atoms in total. The number of halogens is 3. The van der Waals surface area contributed by atoms with Gasteiger partial charge in [-0.2, -0.15) is 13.2 Å². The first kappa shape index (κ1) is 16.3. The summed E-state index contributed by atoms with van der Waals surface area (Å²) in [6, 6.07) is 15.2. The van der Waals surface area contributed by atoms with E-state index >= 15 is 0 Å². The molecule has 0 saturated carbocycles. The Labute approximate surface area is 139 Å². The topological polar surface area (TPSA) is 37.3 Å². The number of carboxylic acids is 1. The highest BCUT2D eigenvalue weighted by atomic mass is 32.1. The van der Waals surface area contributed by atoms with Crippen LogP contribution in [0, 0.1) is 0 Å². The lowest BCUT2D eigenvalue weighted by atomic mass is 10.1. The second kappa shape index (κ2) is 6.13. The maximum atomic E-state index is 12.6. The van der Waals surface area contributed by atoms with Crippen LogP contribution >= 0.6 is 11.3 Å². The van der Waals surface area contributed by atoms with Gasteiger partial charge in [0, 0.05) is 9.75 Å². The first-order valence-electron chi connectivity index (χ1n) is 6.96. The molecule has 1 N–H and O–H groups in total. The van der Waals surface area contributed by atoms with Gasteiger partial charge in [0.25, 0.3) is 0 Å². The van der Waals surface area contributed by atoms with Gasteiger partial charge in [-0.1, -0.05) is 24.3 Å². The fraction of sp³-hybridized carbons (Fsp3) is 0.0556. The van der Waals surface area contributed by atoms with E-state index in [9.17, 15) is 18.0 Å². The van der Waals surface area contributed by atoms with Gasteiger partial charge in [-0.3, -0.25) is 0 Å². The lowest BCUT2D eigenvalue weighted by Crippen LogP contribution is -2.03. The minimum Gasteiger partial charge on any atom is -0.478 e.